The Hall–Kier alpha value is -2.94. The van der Waals surface area contributed by atoms with Crippen LogP contribution in [0.25, 0.3) is 32.9 Å². The van der Waals surface area contributed by atoms with Crippen LogP contribution in [0.5, 0.6) is 5.75 Å². The second-order valence-corrected chi connectivity index (χ2v) is 5.85. The number of methoxy groups -OCH3 is 1. The van der Waals surface area contributed by atoms with Crippen molar-refractivity contribution in [1.82, 2.24) is 4.98 Å². The smallest absolute Gasteiger partial charge is 0.175 e. The average Bonchev–Trinajstić information content (AvgIpc) is 2.61. The van der Waals surface area contributed by atoms with Crippen LogP contribution in [0, 0.1) is 12.7 Å². The number of aromatic nitrogens is 1. The van der Waals surface area contributed by atoms with Crippen LogP contribution >= 0.6 is 0 Å². The number of aryl methyl sites for hydroxylation is 1. The Morgan fingerprint density at radius 2 is 1.67 bits per heavy atom. The fourth-order valence-corrected chi connectivity index (χ4v) is 3.15. The lowest BCUT2D eigenvalue weighted by Gasteiger charge is -2.14. The summed E-state index contributed by atoms with van der Waals surface area (Å²) in [7, 11) is 1.48. The molecule has 0 amide bonds. The van der Waals surface area contributed by atoms with E-state index >= 15 is 4.39 Å². The molecule has 4 aromatic rings. The molecule has 1 aromatic heterocycles. The summed E-state index contributed by atoms with van der Waals surface area (Å²) < 4.78 is 20.3. The number of ether oxygens (including phenoxy) is 1. The third kappa shape index (κ3) is 2.21. The molecule has 118 valence electrons. The topological polar surface area (TPSA) is 22.1 Å². The van der Waals surface area contributed by atoms with E-state index in [2.05, 4.69) is 11.1 Å². The molecular formula is C21H16FNO. The predicted molar refractivity (Wildman–Crippen MR) is 95.9 cm³/mol. The Morgan fingerprint density at radius 3 is 2.42 bits per heavy atom. The Bertz CT molecular complexity index is 1060. The van der Waals surface area contributed by atoms with E-state index in [1.807, 2.05) is 55.5 Å². The van der Waals surface area contributed by atoms with E-state index in [-0.39, 0.29) is 11.6 Å². The van der Waals surface area contributed by atoms with Gasteiger partial charge in [0.25, 0.3) is 0 Å². The number of pyridine rings is 1. The van der Waals surface area contributed by atoms with Crippen molar-refractivity contribution in [3.05, 3.63) is 72.0 Å². The van der Waals surface area contributed by atoms with Gasteiger partial charge in [-0.25, -0.2) is 9.37 Å². The maximum Gasteiger partial charge on any atom is 0.175 e. The summed E-state index contributed by atoms with van der Waals surface area (Å²) in [5, 5.41) is 1.44. The van der Waals surface area contributed by atoms with Gasteiger partial charge in [-0.15, -0.1) is 0 Å². The minimum Gasteiger partial charge on any atom is -0.494 e. The van der Waals surface area contributed by atoms with Gasteiger partial charge in [0.05, 0.1) is 18.1 Å². The highest BCUT2D eigenvalue weighted by Crippen LogP contribution is 2.38. The molecule has 3 heteroatoms. The van der Waals surface area contributed by atoms with Gasteiger partial charge in [-0.05, 0) is 36.8 Å². The summed E-state index contributed by atoms with van der Waals surface area (Å²) in [6.45, 7) is 2.03. The highest BCUT2D eigenvalue weighted by Gasteiger charge is 2.17. The quantitative estimate of drug-likeness (QED) is 0.455. The number of hydrogen-bond acceptors (Lipinski definition) is 2. The molecule has 0 aliphatic rings. The number of halogens is 1. The molecule has 0 saturated heterocycles. The van der Waals surface area contributed by atoms with E-state index in [1.165, 1.54) is 7.11 Å². The molecule has 0 N–H and O–H groups in total. The first-order valence-corrected chi connectivity index (χ1v) is 7.81. The van der Waals surface area contributed by atoms with Crippen molar-refractivity contribution in [2.75, 3.05) is 7.11 Å². The molecule has 24 heavy (non-hydrogen) atoms. The van der Waals surface area contributed by atoms with Crippen molar-refractivity contribution in [2.24, 2.45) is 0 Å². The molecule has 1 heterocycles. The zero-order valence-corrected chi connectivity index (χ0v) is 13.5. The van der Waals surface area contributed by atoms with E-state index < -0.39 is 0 Å². The van der Waals surface area contributed by atoms with Crippen molar-refractivity contribution >= 4 is 21.8 Å². The van der Waals surface area contributed by atoms with E-state index in [0.717, 1.165) is 27.6 Å². The van der Waals surface area contributed by atoms with Gasteiger partial charge >= 0.3 is 0 Å². The lowest BCUT2D eigenvalue weighted by atomic mass is 9.95. The number of hydrogen-bond donors (Lipinski definition) is 0. The Morgan fingerprint density at radius 1 is 0.917 bits per heavy atom. The van der Waals surface area contributed by atoms with E-state index in [4.69, 9.17) is 4.74 Å². The van der Waals surface area contributed by atoms with Crippen LogP contribution in [-0.2, 0) is 0 Å². The van der Waals surface area contributed by atoms with Crippen molar-refractivity contribution in [2.45, 2.75) is 6.92 Å². The van der Waals surface area contributed by atoms with Crippen LogP contribution in [0.4, 0.5) is 4.39 Å². The molecule has 3 aromatic carbocycles. The Kier molecular flexibility index (Phi) is 3.42. The second kappa shape index (κ2) is 5.60. The molecule has 0 unspecified atom stereocenters. The van der Waals surface area contributed by atoms with E-state index in [1.54, 1.807) is 6.07 Å². The van der Waals surface area contributed by atoms with Crippen LogP contribution in [0.1, 0.15) is 5.56 Å². The van der Waals surface area contributed by atoms with Gasteiger partial charge in [0.15, 0.2) is 11.6 Å². The zero-order chi connectivity index (χ0) is 16.7. The molecule has 0 radical (unpaired) electrons. The van der Waals surface area contributed by atoms with Crippen LogP contribution in [0.15, 0.2) is 60.7 Å². The van der Waals surface area contributed by atoms with Crippen molar-refractivity contribution < 1.29 is 9.13 Å². The third-order valence-electron chi connectivity index (χ3n) is 4.28. The summed E-state index contributed by atoms with van der Waals surface area (Å²) in [6.07, 6.45) is 0. The molecule has 0 bridgehead atoms. The van der Waals surface area contributed by atoms with Gasteiger partial charge < -0.3 is 4.74 Å². The lowest BCUT2D eigenvalue weighted by Crippen LogP contribution is -1.95. The van der Waals surface area contributed by atoms with Gasteiger partial charge in [-0.2, -0.15) is 0 Å². The molecule has 0 aliphatic carbocycles. The standard InChI is InChI=1S/C21H16FNO/c1-13-8-9-16-15(12-13)19(14-6-4-3-5-7-14)20-17(23-16)10-11-18(24-2)21(20)22/h3-12H,1-2H3. The Labute approximate surface area is 139 Å². The van der Waals surface area contributed by atoms with Gasteiger partial charge in [-0.3, -0.25) is 0 Å². The second-order valence-electron chi connectivity index (χ2n) is 5.85. The molecule has 4 rings (SSSR count). The molecule has 0 aliphatic heterocycles. The maximum atomic E-state index is 15.1. The normalized spacial score (nSPS) is 11.1. The summed E-state index contributed by atoms with van der Waals surface area (Å²) in [5.41, 5.74) is 4.42. The molecule has 0 atom stereocenters. The number of rotatable bonds is 2. The van der Waals surface area contributed by atoms with Gasteiger partial charge in [-0.1, -0.05) is 42.0 Å². The summed E-state index contributed by atoms with van der Waals surface area (Å²) >= 11 is 0. The summed E-state index contributed by atoms with van der Waals surface area (Å²) in [6, 6.07) is 19.4. The van der Waals surface area contributed by atoms with Crippen molar-refractivity contribution in [3.8, 4) is 16.9 Å². The van der Waals surface area contributed by atoms with Crippen molar-refractivity contribution in [3.63, 3.8) is 0 Å². The number of benzene rings is 3. The third-order valence-corrected chi connectivity index (χ3v) is 4.28. The van der Waals surface area contributed by atoms with Gasteiger partial charge in [0.1, 0.15) is 0 Å². The number of nitrogens with zero attached hydrogens (tertiary/aromatic N) is 1. The number of fused-ring (bicyclic) bond motifs is 2. The van der Waals surface area contributed by atoms with Crippen LogP contribution in [0.3, 0.4) is 0 Å². The van der Waals surface area contributed by atoms with Gasteiger partial charge in [0, 0.05) is 16.3 Å². The zero-order valence-electron chi connectivity index (χ0n) is 13.5. The minimum absolute atomic E-state index is 0.230. The largest absolute Gasteiger partial charge is 0.494 e. The van der Waals surface area contributed by atoms with Gasteiger partial charge in [0.2, 0.25) is 0 Å². The summed E-state index contributed by atoms with van der Waals surface area (Å²) in [5.74, 6) is -0.141. The first-order chi connectivity index (χ1) is 11.7. The maximum absolute atomic E-state index is 15.1. The fourth-order valence-electron chi connectivity index (χ4n) is 3.15. The molecule has 0 saturated carbocycles. The summed E-state index contributed by atoms with van der Waals surface area (Å²) in [4.78, 5) is 4.65. The first kappa shape index (κ1) is 14.6. The molecular weight excluding hydrogens is 301 g/mol. The van der Waals surface area contributed by atoms with Crippen molar-refractivity contribution in [1.29, 1.82) is 0 Å². The molecule has 0 fully saturated rings. The predicted octanol–water partition coefficient (Wildman–Crippen LogP) is 5.51. The fraction of sp³-hybridized carbons (Fsp3) is 0.0952. The van der Waals surface area contributed by atoms with E-state index in [0.29, 0.717) is 10.9 Å². The molecule has 0 spiro atoms. The highest BCUT2D eigenvalue weighted by atomic mass is 19.1. The first-order valence-electron chi connectivity index (χ1n) is 7.81. The minimum atomic E-state index is -0.371. The van der Waals surface area contributed by atoms with Crippen LogP contribution in [0.2, 0.25) is 0 Å². The molecule has 2 nitrogen and oxygen atoms in total. The SMILES string of the molecule is COc1ccc2nc3ccc(C)cc3c(-c3ccccc3)c2c1F. The van der Waals surface area contributed by atoms with E-state index in [9.17, 15) is 0 Å². The average molecular weight is 317 g/mol. The lowest BCUT2D eigenvalue weighted by molar-refractivity contribution is 0.389. The monoisotopic (exact) mass is 317 g/mol. The van der Waals surface area contributed by atoms with Crippen LogP contribution < -0.4 is 4.74 Å². The highest BCUT2D eigenvalue weighted by molar-refractivity contribution is 6.10. The Balaban J connectivity index is 2.26. The van der Waals surface area contributed by atoms with Crippen LogP contribution in [-0.4, -0.2) is 12.1 Å².